The van der Waals surface area contributed by atoms with E-state index in [1.54, 1.807) is 19.2 Å². The van der Waals surface area contributed by atoms with Crippen molar-refractivity contribution < 1.29 is 14.6 Å². The minimum absolute atomic E-state index is 0.197. The van der Waals surface area contributed by atoms with Crippen molar-refractivity contribution in [3.63, 3.8) is 0 Å². The first kappa shape index (κ1) is 12.8. The van der Waals surface area contributed by atoms with Crippen LogP contribution >= 0.6 is 0 Å². The third-order valence-electron chi connectivity index (χ3n) is 4.03. The van der Waals surface area contributed by atoms with E-state index in [1.807, 2.05) is 6.07 Å². The fraction of sp³-hybridized carbons (Fsp3) is 0.600. The van der Waals surface area contributed by atoms with Crippen LogP contribution in [0, 0.1) is 5.92 Å². The highest BCUT2D eigenvalue weighted by Gasteiger charge is 2.40. The minimum Gasteiger partial charge on any atom is -0.504 e. The van der Waals surface area contributed by atoms with Crippen molar-refractivity contribution >= 4 is 0 Å². The lowest BCUT2D eigenvalue weighted by molar-refractivity contribution is 0.0809. The van der Waals surface area contributed by atoms with Crippen LogP contribution in [0.25, 0.3) is 0 Å². The zero-order valence-electron chi connectivity index (χ0n) is 11.3. The van der Waals surface area contributed by atoms with Crippen molar-refractivity contribution in [3.8, 4) is 11.5 Å². The van der Waals surface area contributed by atoms with Crippen LogP contribution in [0.4, 0.5) is 0 Å². The van der Waals surface area contributed by atoms with Crippen LogP contribution in [-0.4, -0.2) is 31.0 Å². The van der Waals surface area contributed by atoms with E-state index in [-0.39, 0.29) is 5.75 Å². The molecule has 19 heavy (non-hydrogen) atoms. The van der Waals surface area contributed by atoms with Crippen LogP contribution in [0.15, 0.2) is 18.2 Å². The van der Waals surface area contributed by atoms with E-state index < -0.39 is 0 Å². The van der Waals surface area contributed by atoms with Crippen LogP contribution < -0.4 is 10.1 Å². The van der Waals surface area contributed by atoms with Gasteiger partial charge < -0.3 is 19.9 Å². The molecule has 2 aliphatic rings. The van der Waals surface area contributed by atoms with Crippen molar-refractivity contribution in [1.82, 2.24) is 5.32 Å². The van der Waals surface area contributed by atoms with Gasteiger partial charge in [0.05, 0.1) is 13.2 Å². The molecule has 4 nitrogen and oxygen atoms in total. The number of rotatable bonds is 5. The van der Waals surface area contributed by atoms with Crippen LogP contribution in [0.1, 0.15) is 24.8 Å². The zero-order valence-corrected chi connectivity index (χ0v) is 11.3. The van der Waals surface area contributed by atoms with Gasteiger partial charge in [0, 0.05) is 19.2 Å². The summed E-state index contributed by atoms with van der Waals surface area (Å²) in [6, 6.07) is 5.99. The number of ether oxygens (including phenoxy) is 2. The van der Waals surface area contributed by atoms with Gasteiger partial charge in [0.15, 0.2) is 11.5 Å². The highest BCUT2D eigenvalue weighted by atomic mass is 16.5. The number of hydrogen-bond acceptors (Lipinski definition) is 4. The number of benzene rings is 1. The monoisotopic (exact) mass is 263 g/mol. The van der Waals surface area contributed by atoms with Crippen LogP contribution in [-0.2, 0) is 11.3 Å². The van der Waals surface area contributed by atoms with Crippen molar-refractivity contribution in [2.45, 2.75) is 38.0 Å². The van der Waals surface area contributed by atoms with Crippen LogP contribution in [0.2, 0.25) is 0 Å². The Morgan fingerprint density at radius 2 is 2.21 bits per heavy atom. The average Bonchev–Trinajstić information content (AvgIpc) is 3.15. The summed E-state index contributed by atoms with van der Waals surface area (Å²) in [6.07, 6.45) is 4.11. The summed E-state index contributed by atoms with van der Waals surface area (Å²) < 4.78 is 10.9. The molecule has 4 heteroatoms. The lowest BCUT2D eigenvalue weighted by atomic mass is 10.1. The van der Waals surface area contributed by atoms with Gasteiger partial charge in [0.2, 0.25) is 0 Å². The molecule has 1 aliphatic carbocycles. The van der Waals surface area contributed by atoms with Crippen molar-refractivity contribution in [3.05, 3.63) is 23.8 Å². The second-order valence-electron chi connectivity index (χ2n) is 5.46. The zero-order chi connectivity index (χ0) is 13.2. The molecular formula is C15H21NO3. The van der Waals surface area contributed by atoms with Crippen molar-refractivity contribution in [2.24, 2.45) is 5.92 Å². The molecule has 2 fully saturated rings. The summed E-state index contributed by atoms with van der Waals surface area (Å²) >= 11 is 0. The third kappa shape index (κ3) is 2.85. The Bertz CT molecular complexity index is 445. The first-order valence-electron chi connectivity index (χ1n) is 6.99. The second kappa shape index (κ2) is 5.39. The first-order valence-corrected chi connectivity index (χ1v) is 6.99. The molecule has 1 aromatic carbocycles. The average molecular weight is 263 g/mol. The summed E-state index contributed by atoms with van der Waals surface area (Å²) in [7, 11) is 1.56. The van der Waals surface area contributed by atoms with Gasteiger partial charge in [0.1, 0.15) is 0 Å². The van der Waals surface area contributed by atoms with Crippen molar-refractivity contribution in [2.75, 3.05) is 13.7 Å². The number of hydrogen-bond donors (Lipinski definition) is 2. The van der Waals surface area contributed by atoms with Gasteiger partial charge in [-0.05, 0) is 42.9 Å². The maximum absolute atomic E-state index is 9.76. The predicted molar refractivity (Wildman–Crippen MR) is 72.4 cm³/mol. The number of nitrogens with one attached hydrogen (secondary N) is 1. The van der Waals surface area contributed by atoms with E-state index >= 15 is 0 Å². The van der Waals surface area contributed by atoms with E-state index in [4.69, 9.17) is 9.47 Å². The fourth-order valence-corrected chi connectivity index (χ4v) is 2.81. The maximum atomic E-state index is 9.76. The number of aromatic hydroxyl groups is 1. The standard InChI is InChI=1S/C15H21NO3/c1-18-14-5-2-10(8-13(14)17)9-16-12-6-7-19-15(12)11-3-4-11/h2,5,8,11-12,15-17H,3-4,6-7,9H2,1H3. The molecule has 0 bridgehead atoms. The second-order valence-corrected chi connectivity index (χ2v) is 5.46. The molecule has 104 valence electrons. The third-order valence-corrected chi connectivity index (χ3v) is 4.03. The van der Waals surface area contributed by atoms with Crippen molar-refractivity contribution in [1.29, 1.82) is 0 Å². The lowest BCUT2D eigenvalue weighted by Gasteiger charge is -2.19. The molecular weight excluding hydrogens is 242 g/mol. The minimum atomic E-state index is 0.197. The molecule has 0 amide bonds. The highest BCUT2D eigenvalue weighted by Crippen LogP contribution is 2.38. The summed E-state index contributed by atoms with van der Waals surface area (Å²) in [4.78, 5) is 0. The van der Waals surface area contributed by atoms with E-state index in [9.17, 15) is 5.11 Å². The largest absolute Gasteiger partial charge is 0.504 e. The molecule has 1 aliphatic heterocycles. The highest BCUT2D eigenvalue weighted by molar-refractivity contribution is 5.41. The van der Waals surface area contributed by atoms with E-state index in [1.165, 1.54) is 12.8 Å². The lowest BCUT2D eigenvalue weighted by Crippen LogP contribution is -2.37. The van der Waals surface area contributed by atoms with Gasteiger partial charge in [-0.25, -0.2) is 0 Å². The maximum Gasteiger partial charge on any atom is 0.160 e. The molecule has 1 saturated carbocycles. The van der Waals surface area contributed by atoms with Gasteiger partial charge in [-0.15, -0.1) is 0 Å². The van der Waals surface area contributed by atoms with Gasteiger partial charge >= 0.3 is 0 Å². The normalized spacial score (nSPS) is 26.6. The summed E-state index contributed by atoms with van der Waals surface area (Å²) in [5, 5.41) is 13.3. The Hall–Kier alpha value is -1.26. The summed E-state index contributed by atoms with van der Waals surface area (Å²) in [5.74, 6) is 1.48. The predicted octanol–water partition coefficient (Wildman–Crippen LogP) is 2.06. The molecule has 0 spiro atoms. The molecule has 1 aromatic rings. The van der Waals surface area contributed by atoms with Crippen LogP contribution in [0.5, 0.6) is 11.5 Å². The number of phenols is 1. The van der Waals surface area contributed by atoms with Gasteiger partial charge in [-0.3, -0.25) is 0 Å². The number of phenolic OH excluding ortho intramolecular Hbond substituents is 1. The first-order chi connectivity index (χ1) is 9.28. The van der Waals surface area contributed by atoms with Gasteiger partial charge in [-0.1, -0.05) is 6.07 Å². The quantitative estimate of drug-likeness (QED) is 0.853. The SMILES string of the molecule is COc1ccc(CNC2CCOC2C2CC2)cc1O. The molecule has 1 heterocycles. The van der Waals surface area contributed by atoms with Crippen LogP contribution in [0.3, 0.4) is 0 Å². The number of methoxy groups -OCH3 is 1. The van der Waals surface area contributed by atoms with Gasteiger partial charge in [-0.2, -0.15) is 0 Å². The fourth-order valence-electron chi connectivity index (χ4n) is 2.81. The molecule has 0 aromatic heterocycles. The van der Waals surface area contributed by atoms with E-state index in [2.05, 4.69) is 5.32 Å². The van der Waals surface area contributed by atoms with E-state index in [0.29, 0.717) is 17.9 Å². The molecule has 2 unspecified atom stereocenters. The Morgan fingerprint density at radius 1 is 1.37 bits per heavy atom. The van der Waals surface area contributed by atoms with E-state index in [0.717, 1.165) is 31.1 Å². The summed E-state index contributed by atoms with van der Waals surface area (Å²) in [6.45, 7) is 1.63. The Balaban J connectivity index is 1.58. The Labute approximate surface area is 113 Å². The molecule has 2 N–H and O–H groups in total. The smallest absolute Gasteiger partial charge is 0.160 e. The Kier molecular flexibility index (Phi) is 3.62. The molecule has 3 rings (SSSR count). The molecule has 2 atom stereocenters. The molecule has 1 saturated heterocycles. The summed E-state index contributed by atoms with van der Waals surface area (Å²) in [5.41, 5.74) is 1.07. The molecule has 0 radical (unpaired) electrons. The Morgan fingerprint density at radius 3 is 2.89 bits per heavy atom. The topological polar surface area (TPSA) is 50.7 Å². The van der Waals surface area contributed by atoms with Gasteiger partial charge in [0.25, 0.3) is 0 Å².